The zero-order valence-corrected chi connectivity index (χ0v) is 10.0. The molecule has 114 valence electrons. The van der Waals surface area contributed by atoms with E-state index in [9.17, 15) is 31.4 Å². The summed E-state index contributed by atoms with van der Waals surface area (Å²) in [6.45, 7) is 1.44. The Morgan fingerprint density at radius 2 is 1.60 bits per heavy atom. The van der Waals surface area contributed by atoms with Gasteiger partial charge in [0, 0.05) is 5.56 Å². The maximum atomic E-state index is 12.3. The van der Waals surface area contributed by atoms with E-state index in [1.54, 1.807) is 0 Å². The first kappa shape index (κ1) is 16.4. The Bertz CT molecular complexity index is 454. The van der Waals surface area contributed by atoms with Gasteiger partial charge in [0.25, 0.3) is 0 Å². The van der Waals surface area contributed by atoms with Crippen LogP contribution in [0.15, 0.2) is 18.2 Å². The molecule has 0 aliphatic rings. The maximum Gasteiger partial charge on any atom is 0.573 e. The van der Waals surface area contributed by atoms with E-state index in [0.29, 0.717) is 6.07 Å². The van der Waals surface area contributed by atoms with E-state index in [-0.39, 0.29) is 6.42 Å². The summed E-state index contributed by atoms with van der Waals surface area (Å²) in [5, 5.41) is 9.55. The van der Waals surface area contributed by atoms with Gasteiger partial charge in [0.05, 0.1) is 6.10 Å². The minimum Gasteiger partial charge on any atom is -0.402 e. The molecule has 1 N–H and O–H groups in total. The summed E-state index contributed by atoms with van der Waals surface area (Å²) in [6, 6.07) is 2.72. The normalized spacial score (nSPS) is 14.0. The molecule has 0 aliphatic heterocycles. The Labute approximate surface area is 109 Å². The van der Waals surface area contributed by atoms with Gasteiger partial charge in [0.1, 0.15) is 0 Å². The van der Waals surface area contributed by atoms with Crippen LogP contribution >= 0.6 is 0 Å². The Morgan fingerprint density at radius 1 is 1.05 bits per heavy atom. The number of hydrogen-bond donors (Lipinski definition) is 1. The Balaban J connectivity index is 3.29. The van der Waals surface area contributed by atoms with Crippen LogP contribution < -0.4 is 9.47 Å². The van der Waals surface area contributed by atoms with Crippen molar-refractivity contribution in [1.82, 2.24) is 0 Å². The van der Waals surface area contributed by atoms with E-state index < -0.39 is 35.9 Å². The molecular formula is C11H10F6O3. The Hall–Kier alpha value is -1.64. The van der Waals surface area contributed by atoms with Gasteiger partial charge in [-0.2, -0.15) is 0 Å². The summed E-state index contributed by atoms with van der Waals surface area (Å²) in [5.74, 6) is -2.37. The summed E-state index contributed by atoms with van der Waals surface area (Å²) < 4.78 is 80.3. The minimum atomic E-state index is -5.22. The monoisotopic (exact) mass is 304 g/mol. The van der Waals surface area contributed by atoms with Crippen LogP contribution in [0.1, 0.15) is 25.0 Å². The second-order valence-electron chi connectivity index (χ2n) is 3.69. The van der Waals surface area contributed by atoms with Crippen molar-refractivity contribution in [3.05, 3.63) is 23.8 Å². The maximum absolute atomic E-state index is 12.3. The second kappa shape index (κ2) is 5.78. The van der Waals surface area contributed by atoms with E-state index in [4.69, 9.17) is 0 Å². The summed E-state index contributed by atoms with van der Waals surface area (Å²) >= 11 is 0. The minimum absolute atomic E-state index is 0.0102. The van der Waals surface area contributed by atoms with Crippen LogP contribution in [-0.4, -0.2) is 17.8 Å². The second-order valence-corrected chi connectivity index (χ2v) is 3.69. The van der Waals surface area contributed by atoms with Crippen LogP contribution in [0.25, 0.3) is 0 Å². The van der Waals surface area contributed by atoms with Crippen molar-refractivity contribution in [2.24, 2.45) is 0 Å². The van der Waals surface area contributed by atoms with Crippen molar-refractivity contribution in [3.63, 3.8) is 0 Å². The van der Waals surface area contributed by atoms with Gasteiger partial charge in [-0.1, -0.05) is 19.1 Å². The van der Waals surface area contributed by atoms with Crippen molar-refractivity contribution < 1.29 is 40.9 Å². The van der Waals surface area contributed by atoms with E-state index >= 15 is 0 Å². The highest BCUT2D eigenvalue weighted by Crippen LogP contribution is 2.41. The fraction of sp³-hybridized carbons (Fsp3) is 0.455. The SMILES string of the molecule is CCC(O)c1cccc(OC(F)(F)F)c1OC(F)(F)F. The van der Waals surface area contributed by atoms with Gasteiger partial charge < -0.3 is 14.6 Å². The molecule has 9 heteroatoms. The lowest BCUT2D eigenvalue weighted by atomic mass is 10.1. The first-order chi connectivity index (χ1) is 9.03. The topological polar surface area (TPSA) is 38.7 Å². The van der Waals surface area contributed by atoms with E-state index in [1.807, 2.05) is 0 Å². The largest absolute Gasteiger partial charge is 0.573 e. The lowest BCUT2D eigenvalue weighted by molar-refractivity contribution is -0.287. The lowest BCUT2D eigenvalue weighted by Crippen LogP contribution is -2.22. The molecule has 0 aromatic heterocycles. The molecule has 1 unspecified atom stereocenters. The van der Waals surface area contributed by atoms with E-state index in [2.05, 4.69) is 9.47 Å². The highest BCUT2D eigenvalue weighted by molar-refractivity contribution is 5.48. The van der Waals surface area contributed by atoms with Crippen LogP contribution in [0.2, 0.25) is 0 Å². The number of ether oxygens (including phenoxy) is 2. The van der Waals surface area contributed by atoms with Crippen LogP contribution in [-0.2, 0) is 0 Å². The molecule has 20 heavy (non-hydrogen) atoms. The number of benzene rings is 1. The third-order valence-electron chi connectivity index (χ3n) is 2.20. The zero-order chi connectivity index (χ0) is 15.6. The first-order valence-electron chi connectivity index (χ1n) is 5.36. The van der Waals surface area contributed by atoms with Gasteiger partial charge >= 0.3 is 12.7 Å². The Morgan fingerprint density at radius 3 is 2.05 bits per heavy atom. The molecule has 0 bridgehead atoms. The van der Waals surface area contributed by atoms with Gasteiger partial charge in [-0.15, -0.1) is 26.3 Å². The zero-order valence-electron chi connectivity index (χ0n) is 10.0. The molecule has 0 saturated heterocycles. The average Bonchev–Trinajstić information content (AvgIpc) is 2.26. The number of alkyl halides is 6. The predicted octanol–water partition coefficient (Wildman–Crippen LogP) is 3.93. The molecular weight excluding hydrogens is 294 g/mol. The number of aliphatic hydroxyl groups excluding tert-OH is 1. The van der Waals surface area contributed by atoms with Gasteiger partial charge in [0.15, 0.2) is 11.5 Å². The standard InChI is InChI=1S/C11H10F6O3/c1-2-7(18)6-4-3-5-8(19-10(12,13)14)9(6)20-11(15,16)17/h3-5,7,18H,2H2,1H3. The molecule has 0 heterocycles. The van der Waals surface area contributed by atoms with E-state index in [1.165, 1.54) is 6.92 Å². The predicted molar refractivity (Wildman–Crippen MR) is 55.1 cm³/mol. The number of aliphatic hydroxyl groups is 1. The fourth-order valence-electron chi connectivity index (χ4n) is 1.45. The molecule has 1 aromatic rings. The molecule has 0 amide bonds. The van der Waals surface area contributed by atoms with Gasteiger partial charge in [0.2, 0.25) is 0 Å². The highest BCUT2D eigenvalue weighted by atomic mass is 19.4. The number of rotatable bonds is 4. The molecule has 1 aromatic carbocycles. The summed E-state index contributed by atoms with van der Waals surface area (Å²) in [5.41, 5.74) is -0.438. The highest BCUT2D eigenvalue weighted by Gasteiger charge is 2.38. The molecule has 0 aliphatic carbocycles. The van der Waals surface area contributed by atoms with Crippen molar-refractivity contribution in [3.8, 4) is 11.5 Å². The van der Waals surface area contributed by atoms with Crippen LogP contribution in [0.4, 0.5) is 26.3 Å². The summed E-state index contributed by atoms with van der Waals surface area (Å²) in [6.07, 6.45) is -11.8. The lowest BCUT2D eigenvalue weighted by Gasteiger charge is -2.20. The first-order valence-corrected chi connectivity index (χ1v) is 5.36. The molecule has 0 saturated carbocycles. The average molecular weight is 304 g/mol. The van der Waals surface area contributed by atoms with Gasteiger partial charge in [-0.25, -0.2) is 0 Å². The van der Waals surface area contributed by atoms with Crippen LogP contribution in [0.5, 0.6) is 11.5 Å². The third kappa shape index (κ3) is 4.80. The number of halogens is 6. The fourth-order valence-corrected chi connectivity index (χ4v) is 1.45. The van der Waals surface area contributed by atoms with Crippen LogP contribution in [0, 0.1) is 0 Å². The molecule has 0 fully saturated rings. The molecule has 1 atom stereocenters. The van der Waals surface area contributed by atoms with Gasteiger partial charge in [-0.05, 0) is 12.5 Å². The molecule has 0 radical (unpaired) electrons. The summed E-state index contributed by atoms with van der Waals surface area (Å²) in [7, 11) is 0. The van der Waals surface area contributed by atoms with Crippen molar-refractivity contribution in [2.45, 2.75) is 32.2 Å². The number of para-hydroxylation sites is 1. The smallest absolute Gasteiger partial charge is 0.402 e. The number of hydrogen-bond acceptors (Lipinski definition) is 3. The van der Waals surface area contributed by atoms with Crippen molar-refractivity contribution >= 4 is 0 Å². The van der Waals surface area contributed by atoms with Crippen LogP contribution in [0.3, 0.4) is 0 Å². The van der Waals surface area contributed by atoms with Gasteiger partial charge in [-0.3, -0.25) is 0 Å². The summed E-state index contributed by atoms with van der Waals surface area (Å²) in [4.78, 5) is 0. The van der Waals surface area contributed by atoms with Crippen molar-refractivity contribution in [1.29, 1.82) is 0 Å². The molecule has 3 nitrogen and oxygen atoms in total. The quantitative estimate of drug-likeness (QED) is 0.857. The Kier molecular flexibility index (Phi) is 4.74. The van der Waals surface area contributed by atoms with E-state index in [0.717, 1.165) is 12.1 Å². The third-order valence-corrected chi connectivity index (χ3v) is 2.20. The molecule has 1 rings (SSSR count). The molecule has 0 spiro atoms. The van der Waals surface area contributed by atoms with Crippen molar-refractivity contribution in [2.75, 3.05) is 0 Å².